The third kappa shape index (κ3) is 2.72. The number of aromatic nitrogens is 1. The number of fused-ring (bicyclic) bond motifs is 1. The minimum Gasteiger partial charge on any atom is -0.264 e. The molecule has 0 aliphatic rings. The molecule has 0 fully saturated rings. The van der Waals surface area contributed by atoms with Crippen LogP contribution in [0.15, 0.2) is 30.6 Å². The van der Waals surface area contributed by atoms with Crippen molar-refractivity contribution in [2.24, 2.45) is 0 Å². The van der Waals surface area contributed by atoms with Crippen LogP contribution in [0.4, 0.5) is 4.39 Å². The topological polar surface area (TPSA) is 47.0 Å². The molecule has 82 valence electrons. The van der Waals surface area contributed by atoms with Crippen LogP contribution in [0.5, 0.6) is 0 Å². The van der Waals surface area contributed by atoms with Gasteiger partial charge in [0, 0.05) is 17.8 Å². The second kappa shape index (κ2) is 5.73. The predicted octanol–water partition coefficient (Wildman–Crippen LogP) is 2.35. The first kappa shape index (κ1) is 12.0. The molecular weight excluding hydrogens is 209 g/mol. The maximum absolute atomic E-state index is 13.1. The third-order valence-corrected chi connectivity index (χ3v) is 2.19. The van der Waals surface area contributed by atoms with Gasteiger partial charge in [-0.3, -0.25) is 4.98 Å². The Bertz CT molecular complexity index is 519. The molecule has 0 spiro atoms. The Morgan fingerprint density at radius 3 is 2.69 bits per heavy atom. The van der Waals surface area contributed by atoms with Crippen LogP contribution < -0.4 is 0 Å². The van der Waals surface area contributed by atoms with E-state index in [9.17, 15) is 4.39 Å². The first-order chi connectivity index (χ1) is 7.72. The van der Waals surface area contributed by atoms with E-state index >= 15 is 0 Å². The number of rotatable bonds is 1. The van der Waals surface area contributed by atoms with Crippen LogP contribution in [0.3, 0.4) is 0 Å². The average Bonchev–Trinajstić information content (AvgIpc) is 2.29. The Morgan fingerprint density at radius 1 is 1.38 bits per heavy atom. The minimum absolute atomic E-state index is 0.171. The maximum atomic E-state index is 13.1. The predicted molar refractivity (Wildman–Crippen MR) is 56.1 cm³/mol. The molecule has 0 aliphatic carbocycles. The van der Waals surface area contributed by atoms with E-state index in [0.29, 0.717) is 0 Å². The molecule has 0 saturated carbocycles. The third-order valence-electron chi connectivity index (χ3n) is 2.19. The number of halogens is 1. The summed E-state index contributed by atoms with van der Waals surface area (Å²) >= 11 is 0. The maximum Gasteiger partial charge on any atom is 0.373 e. The highest BCUT2D eigenvalue weighted by Gasteiger charge is 2.01. The van der Waals surface area contributed by atoms with Gasteiger partial charge in [-0.05, 0) is 35.6 Å². The van der Waals surface area contributed by atoms with E-state index in [4.69, 9.17) is 9.59 Å². The molecule has 0 saturated heterocycles. The van der Waals surface area contributed by atoms with Gasteiger partial charge in [-0.1, -0.05) is 6.92 Å². The van der Waals surface area contributed by atoms with Gasteiger partial charge in [-0.25, -0.2) is 4.39 Å². The van der Waals surface area contributed by atoms with Crippen molar-refractivity contribution in [3.8, 4) is 0 Å². The van der Waals surface area contributed by atoms with Crippen molar-refractivity contribution >= 4 is 16.9 Å². The summed E-state index contributed by atoms with van der Waals surface area (Å²) in [7, 11) is 0. The van der Waals surface area contributed by atoms with Gasteiger partial charge in [0.25, 0.3) is 0 Å². The lowest BCUT2D eigenvalue weighted by Crippen LogP contribution is -1.87. The fourth-order valence-electron chi connectivity index (χ4n) is 1.53. The molecule has 2 aromatic rings. The van der Waals surface area contributed by atoms with Gasteiger partial charge in [0.2, 0.25) is 0 Å². The van der Waals surface area contributed by atoms with Crippen LogP contribution in [0, 0.1) is 5.82 Å². The standard InChI is InChI=1S/C11H10FN.CO2/c1-2-8-5-10(12)6-9-3-4-13-7-11(8)9;2-1-3/h3-7H,2H2,1H3;. The second-order valence-corrected chi connectivity index (χ2v) is 3.10. The molecule has 0 aliphatic heterocycles. The highest BCUT2D eigenvalue weighted by atomic mass is 19.1. The van der Waals surface area contributed by atoms with E-state index in [1.54, 1.807) is 18.5 Å². The van der Waals surface area contributed by atoms with Crippen LogP contribution in [-0.4, -0.2) is 11.1 Å². The van der Waals surface area contributed by atoms with Gasteiger partial charge in [0.05, 0.1) is 0 Å². The van der Waals surface area contributed by atoms with Crippen LogP contribution in [0.1, 0.15) is 12.5 Å². The molecule has 2 rings (SSSR count). The fraction of sp³-hybridized carbons (Fsp3) is 0.167. The summed E-state index contributed by atoms with van der Waals surface area (Å²) in [5.41, 5.74) is 1.02. The molecule has 0 unspecified atom stereocenters. The normalized spacial score (nSPS) is 9.12. The van der Waals surface area contributed by atoms with Crippen LogP contribution in [-0.2, 0) is 16.0 Å². The highest BCUT2D eigenvalue weighted by molar-refractivity contribution is 5.84. The van der Waals surface area contributed by atoms with E-state index in [2.05, 4.69) is 4.98 Å². The van der Waals surface area contributed by atoms with Gasteiger partial charge in [0.1, 0.15) is 5.82 Å². The zero-order valence-electron chi connectivity index (χ0n) is 8.74. The van der Waals surface area contributed by atoms with Gasteiger partial charge < -0.3 is 0 Å². The number of hydrogen-bond donors (Lipinski definition) is 0. The molecule has 1 aromatic carbocycles. The van der Waals surface area contributed by atoms with Crippen LogP contribution in [0.2, 0.25) is 0 Å². The molecule has 4 heteroatoms. The smallest absolute Gasteiger partial charge is 0.264 e. The summed E-state index contributed by atoms with van der Waals surface area (Å²) in [6, 6.07) is 4.94. The van der Waals surface area contributed by atoms with E-state index in [-0.39, 0.29) is 12.0 Å². The van der Waals surface area contributed by atoms with Crippen molar-refractivity contribution in [2.75, 3.05) is 0 Å². The summed E-state index contributed by atoms with van der Waals surface area (Å²) in [4.78, 5) is 20.3. The molecule has 1 aromatic heterocycles. The lowest BCUT2D eigenvalue weighted by atomic mass is 10.0. The summed E-state index contributed by atoms with van der Waals surface area (Å²) in [6.07, 6.45) is 4.55. The van der Waals surface area contributed by atoms with E-state index in [1.165, 1.54) is 6.07 Å². The SMILES string of the molecule is CCc1cc(F)cc2ccncc12.O=C=O. The van der Waals surface area contributed by atoms with Crippen molar-refractivity contribution in [3.63, 3.8) is 0 Å². The molecule has 16 heavy (non-hydrogen) atoms. The molecule has 0 N–H and O–H groups in total. The van der Waals surface area contributed by atoms with Crippen molar-refractivity contribution in [3.05, 3.63) is 42.0 Å². The number of benzene rings is 1. The number of pyridine rings is 1. The van der Waals surface area contributed by atoms with Crippen molar-refractivity contribution < 1.29 is 14.0 Å². The largest absolute Gasteiger partial charge is 0.373 e. The van der Waals surface area contributed by atoms with Gasteiger partial charge >= 0.3 is 6.15 Å². The van der Waals surface area contributed by atoms with Crippen LogP contribution in [0.25, 0.3) is 10.8 Å². The number of hydrogen-bond acceptors (Lipinski definition) is 3. The second-order valence-electron chi connectivity index (χ2n) is 3.10. The van der Waals surface area contributed by atoms with Crippen molar-refractivity contribution in [2.45, 2.75) is 13.3 Å². The Morgan fingerprint density at radius 2 is 2.06 bits per heavy atom. The van der Waals surface area contributed by atoms with E-state index in [0.717, 1.165) is 22.8 Å². The molecule has 0 bridgehead atoms. The van der Waals surface area contributed by atoms with Gasteiger partial charge in [-0.15, -0.1) is 0 Å². The van der Waals surface area contributed by atoms with E-state index < -0.39 is 0 Å². The van der Waals surface area contributed by atoms with Gasteiger partial charge in [-0.2, -0.15) is 9.59 Å². The first-order valence-corrected chi connectivity index (χ1v) is 4.74. The average molecular weight is 219 g/mol. The molecule has 3 nitrogen and oxygen atoms in total. The molecule has 1 heterocycles. The molecular formula is C12H10FNO2. The number of nitrogens with zero attached hydrogens (tertiary/aromatic N) is 1. The highest BCUT2D eigenvalue weighted by Crippen LogP contribution is 2.19. The monoisotopic (exact) mass is 219 g/mol. The summed E-state index contributed by atoms with van der Waals surface area (Å²) < 4.78 is 13.1. The number of aryl methyl sites for hydroxylation is 1. The molecule has 0 amide bonds. The summed E-state index contributed by atoms with van der Waals surface area (Å²) in [5, 5.41) is 1.97. The summed E-state index contributed by atoms with van der Waals surface area (Å²) in [5.74, 6) is -0.171. The molecule has 0 atom stereocenters. The first-order valence-electron chi connectivity index (χ1n) is 4.74. The number of carbonyl (C=O) groups excluding carboxylic acids is 2. The van der Waals surface area contributed by atoms with Gasteiger partial charge in [0.15, 0.2) is 0 Å². The van der Waals surface area contributed by atoms with E-state index in [1.807, 2.05) is 13.0 Å². The summed E-state index contributed by atoms with van der Waals surface area (Å²) in [6.45, 7) is 2.02. The lowest BCUT2D eigenvalue weighted by Gasteiger charge is -2.03. The quantitative estimate of drug-likeness (QED) is 0.739. The lowest BCUT2D eigenvalue weighted by molar-refractivity contribution is -0.191. The van der Waals surface area contributed by atoms with Crippen LogP contribution >= 0.6 is 0 Å². The molecule has 0 radical (unpaired) electrons. The van der Waals surface area contributed by atoms with Crippen molar-refractivity contribution in [1.82, 2.24) is 4.98 Å². The van der Waals surface area contributed by atoms with Crippen molar-refractivity contribution in [1.29, 1.82) is 0 Å². The fourth-order valence-corrected chi connectivity index (χ4v) is 1.53. The minimum atomic E-state index is -0.171. The Balaban J connectivity index is 0.000000386. The Kier molecular flexibility index (Phi) is 4.30. The Labute approximate surface area is 91.9 Å². The zero-order chi connectivity index (χ0) is 12.0. The zero-order valence-corrected chi connectivity index (χ0v) is 8.74. The Hall–Kier alpha value is -2.06.